The van der Waals surface area contributed by atoms with Gasteiger partial charge in [-0.25, -0.2) is 0 Å². The summed E-state index contributed by atoms with van der Waals surface area (Å²) in [4.78, 5) is 0.785. The van der Waals surface area contributed by atoms with Crippen LogP contribution >= 0.6 is 12.6 Å². The van der Waals surface area contributed by atoms with Gasteiger partial charge in [-0.15, -0.1) is 12.6 Å². The number of hydrogen-bond donors (Lipinski definition) is 2. The van der Waals surface area contributed by atoms with Gasteiger partial charge in [0, 0.05) is 10.6 Å². The Hall–Kier alpha value is -5.05. The molecule has 0 aliphatic heterocycles. The van der Waals surface area contributed by atoms with Crippen LogP contribution in [0, 0.1) is 0 Å². The molecule has 1 nitrogen and oxygen atoms in total. The van der Waals surface area contributed by atoms with Crippen molar-refractivity contribution in [2.45, 2.75) is 44.4 Å². The molecule has 0 heterocycles. The van der Waals surface area contributed by atoms with Crippen LogP contribution in [0.15, 0.2) is 223 Å². The average molecular weight is 650 g/mol. The standard InChI is InChI=1S/C46H51NS/c1-8-12-15-24-28-38(6)46(37(5)27-23-13-9-2,43-35-34-42(36-45(43)48)44(47)31-14-10-3)39(7)32-33-40(11-4)41-29-25-21-19-17-16-18-20-22-26-30-41/h9-36,48H,2,6-8,47H2,1,3-5H3/b14-10-,15-12-,17-16-,18-16?,19-17?,20-18-,21-19+,22-20?,23-13-,25-21?,26-22-,28-24-,29-25+,30-26?,33-32-,37-27+,40-11+,41-29?,41-30+,44-31-. The monoisotopic (exact) mass is 649 g/mol. The minimum Gasteiger partial charge on any atom is -0.398 e. The SMILES string of the molecule is C=C/C=C\C=C(/C)C(C(=C)/C=C\C=C/CC)(C(=C)\C=C/C(=C\C)C1=C/C=C\C=C/C=C\C=C\C=C\1)c1ccc(/C(N)=C/C=C\C)cc1S. The first-order chi connectivity index (χ1) is 23.3. The van der Waals surface area contributed by atoms with E-state index in [1.807, 2.05) is 117 Å². The lowest BCUT2D eigenvalue weighted by molar-refractivity contribution is 0.711. The summed E-state index contributed by atoms with van der Waals surface area (Å²) in [6.45, 7) is 21.5. The van der Waals surface area contributed by atoms with Gasteiger partial charge < -0.3 is 5.73 Å². The van der Waals surface area contributed by atoms with Crippen LogP contribution in [0.2, 0.25) is 0 Å². The molecular weight excluding hydrogens is 599 g/mol. The summed E-state index contributed by atoms with van der Waals surface area (Å²) in [6.07, 6.45) is 51.5. The van der Waals surface area contributed by atoms with Gasteiger partial charge in [0.15, 0.2) is 0 Å². The van der Waals surface area contributed by atoms with E-state index in [4.69, 9.17) is 24.9 Å². The first kappa shape index (κ1) is 39.1. The lowest BCUT2D eigenvalue weighted by Crippen LogP contribution is -2.31. The molecule has 2 heteroatoms. The molecule has 1 unspecified atom stereocenters. The van der Waals surface area contributed by atoms with Gasteiger partial charge in [0.1, 0.15) is 0 Å². The fourth-order valence-electron chi connectivity index (χ4n) is 5.20. The van der Waals surface area contributed by atoms with E-state index in [1.54, 1.807) is 6.08 Å². The molecule has 1 aromatic rings. The second-order valence-electron chi connectivity index (χ2n) is 10.9. The topological polar surface area (TPSA) is 26.0 Å². The predicted octanol–water partition coefficient (Wildman–Crippen LogP) is 12.6. The number of hydrogen-bond acceptors (Lipinski definition) is 2. The van der Waals surface area contributed by atoms with Crippen LogP contribution in [-0.2, 0) is 5.41 Å². The van der Waals surface area contributed by atoms with E-state index >= 15 is 0 Å². The van der Waals surface area contributed by atoms with Gasteiger partial charge in [-0.05, 0) is 72.8 Å². The van der Waals surface area contributed by atoms with Gasteiger partial charge in [0.25, 0.3) is 0 Å². The fourth-order valence-corrected chi connectivity index (χ4v) is 5.58. The maximum Gasteiger partial charge on any atom is 0.0661 e. The Labute approximate surface area is 296 Å². The molecule has 0 bridgehead atoms. The highest BCUT2D eigenvalue weighted by Gasteiger charge is 2.39. The highest BCUT2D eigenvalue weighted by atomic mass is 32.1. The number of rotatable bonds is 14. The molecule has 2 N–H and O–H groups in total. The predicted molar refractivity (Wildman–Crippen MR) is 219 cm³/mol. The maximum atomic E-state index is 6.43. The Morgan fingerprint density at radius 1 is 0.812 bits per heavy atom. The number of thiol groups is 1. The molecular formula is C46H51NS. The Balaban J connectivity index is 2.88. The quantitative estimate of drug-likeness (QED) is 0.152. The Bertz CT molecular complexity index is 1730. The molecule has 0 aromatic heterocycles. The summed E-state index contributed by atoms with van der Waals surface area (Å²) < 4.78 is 0. The van der Waals surface area contributed by atoms with Crippen molar-refractivity contribution >= 4 is 18.3 Å². The van der Waals surface area contributed by atoms with Gasteiger partial charge in [0.2, 0.25) is 0 Å². The molecule has 0 spiro atoms. The molecule has 2 rings (SSSR count). The van der Waals surface area contributed by atoms with E-state index in [-0.39, 0.29) is 0 Å². The van der Waals surface area contributed by atoms with Gasteiger partial charge in [-0.2, -0.15) is 0 Å². The van der Waals surface area contributed by atoms with Crippen LogP contribution in [0.5, 0.6) is 0 Å². The molecule has 1 aromatic carbocycles. The van der Waals surface area contributed by atoms with Gasteiger partial charge in [-0.1, -0.05) is 190 Å². The van der Waals surface area contributed by atoms with Crippen molar-refractivity contribution in [1.82, 2.24) is 0 Å². The highest BCUT2D eigenvalue weighted by molar-refractivity contribution is 7.80. The van der Waals surface area contributed by atoms with Crippen LogP contribution in [0.1, 0.15) is 45.2 Å². The van der Waals surface area contributed by atoms with Crippen molar-refractivity contribution in [2.24, 2.45) is 5.73 Å². The zero-order valence-electron chi connectivity index (χ0n) is 29.0. The van der Waals surface area contributed by atoms with Crippen LogP contribution < -0.4 is 5.73 Å². The van der Waals surface area contributed by atoms with E-state index < -0.39 is 5.41 Å². The summed E-state index contributed by atoms with van der Waals surface area (Å²) in [7, 11) is 0. The van der Waals surface area contributed by atoms with Gasteiger partial charge in [-0.3, -0.25) is 0 Å². The van der Waals surface area contributed by atoms with E-state index in [0.29, 0.717) is 5.70 Å². The van der Waals surface area contributed by atoms with E-state index in [0.717, 1.165) is 50.3 Å². The molecule has 246 valence electrons. The van der Waals surface area contributed by atoms with Crippen molar-refractivity contribution in [3.8, 4) is 0 Å². The molecule has 0 saturated heterocycles. The van der Waals surface area contributed by atoms with Gasteiger partial charge >= 0.3 is 0 Å². The Kier molecular flexibility index (Phi) is 17.7. The molecule has 0 fully saturated rings. The Morgan fingerprint density at radius 2 is 1.48 bits per heavy atom. The van der Waals surface area contributed by atoms with Crippen LogP contribution in [-0.4, -0.2) is 0 Å². The highest BCUT2D eigenvalue weighted by Crippen LogP contribution is 2.48. The third-order valence-corrected chi connectivity index (χ3v) is 8.05. The van der Waals surface area contributed by atoms with E-state index in [9.17, 15) is 0 Å². The Morgan fingerprint density at radius 3 is 2.10 bits per heavy atom. The molecule has 0 saturated carbocycles. The smallest absolute Gasteiger partial charge is 0.0661 e. The minimum atomic E-state index is -0.828. The zero-order valence-corrected chi connectivity index (χ0v) is 29.9. The summed E-state index contributed by atoms with van der Waals surface area (Å²) in [5.41, 5.74) is 13.0. The third kappa shape index (κ3) is 11.3. The van der Waals surface area contributed by atoms with E-state index in [1.165, 1.54) is 0 Å². The third-order valence-electron chi connectivity index (χ3n) is 7.68. The lowest BCUT2D eigenvalue weighted by Gasteiger charge is -2.39. The maximum absolute atomic E-state index is 6.43. The molecule has 1 atom stereocenters. The number of nitrogens with two attached hydrogens (primary N) is 1. The zero-order chi connectivity index (χ0) is 35.2. The van der Waals surface area contributed by atoms with Crippen molar-refractivity contribution in [2.75, 3.05) is 0 Å². The summed E-state index contributed by atoms with van der Waals surface area (Å²) in [5, 5.41) is 0. The summed E-state index contributed by atoms with van der Waals surface area (Å²) in [5.74, 6) is 0. The molecule has 1 aliphatic rings. The summed E-state index contributed by atoms with van der Waals surface area (Å²) in [6, 6.07) is 6.15. The second-order valence-corrected chi connectivity index (χ2v) is 11.4. The van der Waals surface area contributed by atoms with Crippen LogP contribution in [0.25, 0.3) is 5.70 Å². The van der Waals surface area contributed by atoms with E-state index in [2.05, 4.69) is 87.8 Å². The normalized spacial score (nSPS) is 20.7. The fraction of sp³-hybridized carbons (Fsp3) is 0.130. The number of benzene rings is 1. The van der Waals surface area contributed by atoms with Crippen molar-refractivity contribution in [3.05, 3.63) is 229 Å². The lowest BCUT2D eigenvalue weighted by atomic mass is 9.64. The minimum absolute atomic E-state index is 0.662. The van der Waals surface area contributed by atoms with Crippen LogP contribution in [0.4, 0.5) is 0 Å². The average Bonchev–Trinajstić information content (AvgIpc) is 3.07. The van der Waals surface area contributed by atoms with Crippen molar-refractivity contribution < 1.29 is 0 Å². The molecule has 1 aliphatic carbocycles. The van der Waals surface area contributed by atoms with Crippen molar-refractivity contribution in [3.63, 3.8) is 0 Å². The van der Waals surface area contributed by atoms with Gasteiger partial charge in [0.05, 0.1) is 5.41 Å². The van der Waals surface area contributed by atoms with Crippen LogP contribution in [0.3, 0.4) is 0 Å². The molecule has 0 amide bonds. The largest absolute Gasteiger partial charge is 0.398 e. The second kappa shape index (κ2) is 21.7. The molecule has 48 heavy (non-hydrogen) atoms. The first-order valence-corrected chi connectivity index (χ1v) is 16.7. The summed E-state index contributed by atoms with van der Waals surface area (Å²) >= 11 is 5.07. The first-order valence-electron chi connectivity index (χ1n) is 16.3. The number of allylic oxidation sites excluding steroid dienone is 30. The molecule has 0 radical (unpaired) electrons. The van der Waals surface area contributed by atoms with Crippen molar-refractivity contribution in [1.29, 1.82) is 0 Å².